The molecule has 0 radical (unpaired) electrons. The fraction of sp³-hybridized carbons (Fsp3) is 0.308. The summed E-state index contributed by atoms with van der Waals surface area (Å²) in [6.45, 7) is 3.25. The molecule has 0 aliphatic carbocycles. The molecule has 0 unspecified atom stereocenters. The molecule has 2 aromatic heterocycles. The van der Waals surface area contributed by atoms with E-state index in [2.05, 4.69) is 15.3 Å². The van der Waals surface area contributed by atoms with Crippen LogP contribution in [0, 0.1) is 0 Å². The lowest BCUT2D eigenvalue weighted by Gasteiger charge is -2.26. The van der Waals surface area contributed by atoms with Crippen molar-refractivity contribution in [3.05, 3.63) is 35.6 Å². The van der Waals surface area contributed by atoms with Crippen LogP contribution in [-0.2, 0) is 0 Å². The standard InChI is InChI=1S/C13H14N4OS/c18-13(17-6-4-14-5-7-17)11-9-16-12(19-11)10-2-1-3-15-8-10/h1-3,8-9,14H,4-7H2. The molecular weight excluding hydrogens is 260 g/mol. The van der Waals surface area contributed by atoms with Gasteiger partial charge in [-0.25, -0.2) is 4.98 Å². The van der Waals surface area contributed by atoms with Gasteiger partial charge in [-0.05, 0) is 12.1 Å². The van der Waals surface area contributed by atoms with Crippen LogP contribution in [0.1, 0.15) is 9.67 Å². The van der Waals surface area contributed by atoms with E-state index in [1.54, 1.807) is 18.6 Å². The molecule has 19 heavy (non-hydrogen) atoms. The highest BCUT2D eigenvalue weighted by atomic mass is 32.1. The largest absolute Gasteiger partial charge is 0.335 e. The number of pyridine rings is 1. The lowest BCUT2D eigenvalue weighted by Crippen LogP contribution is -2.46. The first kappa shape index (κ1) is 12.3. The molecule has 0 aromatic carbocycles. The van der Waals surface area contributed by atoms with Crippen molar-refractivity contribution in [1.82, 2.24) is 20.2 Å². The number of nitrogens with zero attached hydrogens (tertiary/aromatic N) is 3. The topological polar surface area (TPSA) is 58.1 Å². The zero-order valence-corrected chi connectivity index (χ0v) is 11.2. The van der Waals surface area contributed by atoms with Crippen molar-refractivity contribution in [2.45, 2.75) is 0 Å². The molecule has 6 heteroatoms. The summed E-state index contributed by atoms with van der Waals surface area (Å²) in [6, 6.07) is 3.82. The quantitative estimate of drug-likeness (QED) is 0.895. The van der Waals surface area contributed by atoms with Crippen molar-refractivity contribution in [3.8, 4) is 10.6 Å². The number of carbonyl (C=O) groups is 1. The van der Waals surface area contributed by atoms with E-state index in [9.17, 15) is 4.79 Å². The predicted molar refractivity (Wildman–Crippen MR) is 74.1 cm³/mol. The highest BCUT2D eigenvalue weighted by Gasteiger charge is 2.20. The van der Waals surface area contributed by atoms with Crippen LogP contribution >= 0.6 is 11.3 Å². The van der Waals surface area contributed by atoms with Crippen molar-refractivity contribution in [1.29, 1.82) is 0 Å². The normalized spacial score (nSPS) is 15.5. The van der Waals surface area contributed by atoms with E-state index in [-0.39, 0.29) is 5.91 Å². The van der Waals surface area contributed by atoms with Crippen molar-refractivity contribution < 1.29 is 4.79 Å². The average Bonchev–Trinajstić information content (AvgIpc) is 2.98. The van der Waals surface area contributed by atoms with Gasteiger partial charge in [0.15, 0.2) is 0 Å². The predicted octanol–water partition coefficient (Wildman–Crippen LogP) is 1.25. The Hall–Kier alpha value is -1.79. The summed E-state index contributed by atoms with van der Waals surface area (Å²) in [6.07, 6.45) is 5.15. The molecule has 0 spiro atoms. The van der Waals surface area contributed by atoms with E-state index in [0.29, 0.717) is 4.88 Å². The van der Waals surface area contributed by atoms with E-state index in [4.69, 9.17) is 0 Å². The number of carbonyl (C=O) groups excluding carboxylic acids is 1. The maximum Gasteiger partial charge on any atom is 0.265 e. The summed E-state index contributed by atoms with van der Waals surface area (Å²) in [5.41, 5.74) is 0.951. The minimum atomic E-state index is 0.0779. The van der Waals surface area contributed by atoms with Crippen LogP contribution in [0.3, 0.4) is 0 Å². The molecule has 0 bridgehead atoms. The third-order valence-electron chi connectivity index (χ3n) is 3.03. The smallest absolute Gasteiger partial charge is 0.265 e. The number of nitrogens with one attached hydrogen (secondary N) is 1. The van der Waals surface area contributed by atoms with Crippen LogP contribution < -0.4 is 5.32 Å². The highest BCUT2D eigenvalue weighted by Crippen LogP contribution is 2.25. The van der Waals surface area contributed by atoms with Gasteiger partial charge in [0.05, 0.1) is 6.20 Å². The molecule has 2 aromatic rings. The molecule has 5 nitrogen and oxygen atoms in total. The fourth-order valence-electron chi connectivity index (χ4n) is 2.02. The molecule has 3 heterocycles. The molecule has 1 amide bonds. The molecule has 0 saturated carbocycles. The molecule has 3 rings (SSSR count). The van der Waals surface area contributed by atoms with Gasteiger partial charge in [-0.1, -0.05) is 0 Å². The van der Waals surface area contributed by atoms with Gasteiger partial charge in [0.2, 0.25) is 0 Å². The van der Waals surface area contributed by atoms with Crippen molar-refractivity contribution >= 4 is 17.2 Å². The minimum absolute atomic E-state index is 0.0779. The van der Waals surface area contributed by atoms with Gasteiger partial charge in [0, 0.05) is 44.1 Å². The Labute approximate surface area is 115 Å². The highest BCUT2D eigenvalue weighted by molar-refractivity contribution is 7.16. The van der Waals surface area contributed by atoms with Crippen molar-refractivity contribution in [2.75, 3.05) is 26.2 Å². The Balaban J connectivity index is 1.79. The summed E-state index contributed by atoms with van der Waals surface area (Å²) < 4.78 is 0. The molecular formula is C13H14N4OS. The number of piperazine rings is 1. The number of hydrogen-bond acceptors (Lipinski definition) is 5. The molecule has 0 atom stereocenters. The fourth-order valence-corrected chi connectivity index (χ4v) is 2.89. The van der Waals surface area contributed by atoms with Gasteiger partial charge in [-0.15, -0.1) is 11.3 Å². The van der Waals surface area contributed by atoms with Gasteiger partial charge in [-0.2, -0.15) is 0 Å². The molecule has 98 valence electrons. The molecule has 1 fully saturated rings. The van der Waals surface area contributed by atoms with Gasteiger partial charge in [0.1, 0.15) is 9.88 Å². The van der Waals surface area contributed by atoms with Gasteiger partial charge in [-0.3, -0.25) is 9.78 Å². The van der Waals surface area contributed by atoms with E-state index >= 15 is 0 Å². The zero-order chi connectivity index (χ0) is 13.1. The summed E-state index contributed by atoms with van der Waals surface area (Å²) in [5.74, 6) is 0.0779. The van der Waals surface area contributed by atoms with Gasteiger partial charge in [0.25, 0.3) is 5.91 Å². The summed E-state index contributed by atoms with van der Waals surface area (Å²) in [5, 5.41) is 4.08. The zero-order valence-electron chi connectivity index (χ0n) is 10.4. The lowest BCUT2D eigenvalue weighted by molar-refractivity contribution is 0.0740. The number of rotatable bonds is 2. The Bertz CT molecular complexity index is 563. The third-order valence-corrected chi connectivity index (χ3v) is 4.06. The van der Waals surface area contributed by atoms with Crippen LogP contribution in [0.15, 0.2) is 30.7 Å². The number of amides is 1. The van der Waals surface area contributed by atoms with Crippen molar-refractivity contribution in [2.24, 2.45) is 0 Å². The number of aromatic nitrogens is 2. The van der Waals surface area contributed by atoms with E-state index < -0.39 is 0 Å². The maximum atomic E-state index is 12.3. The first-order valence-corrected chi connectivity index (χ1v) is 7.02. The van der Waals surface area contributed by atoms with E-state index in [1.165, 1.54) is 11.3 Å². The first-order chi connectivity index (χ1) is 9.34. The summed E-state index contributed by atoms with van der Waals surface area (Å²) >= 11 is 1.43. The second-order valence-electron chi connectivity index (χ2n) is 4.31. The van der Waals surface area contributed by atoms with Crippen LogP contribution in [0.2, 0.25) is 0 Å². The summed E-state index contributed by atoms with van der Waals surface area (Å²) in [4.78, 5) is 23.3. The monoisotopic (exact) mass is 274 g/mol. The molecule has 1 saturated heterocycles. The van der Waals surface area contributed by atoms with Gasteiger partial charge < -0.3 is 10.2 Å². The maximum absolute atomic E-state index is 12.3. The Kier molecular flexibility index (Phi) is 3.52. The minimum Gasteiger partial charge on any atom is -0.335 e. The van der Waals surface area contributed by atoms with Crippen LogP contribution in [0.4, 0.5) is 0 Å². The molecule has 1 N–H and O–H groups in total. The first-order valence-electron chi connectivity index (χ1n) is 6.21. The van der Waals surface area contributed by atoms with Crippen LogP contribution in [-0.4, -0.2) is 47.0 Å². The van der Waals surface area contributed by atoms with E-state index in [1.807, 2.05) is 17.0 Å². The van der Waals surface area contributed by atoms with E-state index in [0.717, 1.165) is 36.8 Å². The Morgan fingerprint density at radius 2 is 2.16 bits per heavy atom. The lowest BCUT2D eigenvalue weighted by atomic mass is 10.3. The second-order valence-corrected chi connectivity index (χ2v) is 5.34. The molecule has 1 aliphatic heterocycles. The number of thiazole rings is 1. The van der Waals surface area contributed by atoms with Crippen LogP contribution in [0.5, 0.6) is 0 Å². The SMILES string of the molecule is O=C(c1cnc(-c2cccnc2)s1)N1CCNCC1. The summed E-state index contributed by atoms with van der Waals surface area (Å²) in [7, 11) is 0. The van der Waals surface area contributed by atoms with Gasteiger partial charge >= 0.3 is 0 Å². The van der Waals surface area contributed by atoms with Crippen molar-refractivity contribution in [3.63, 3.8) is 0 Å². The number of hydrogen-bond donors (Lipinski definition) is 1. The Morgan fingerprint density at radius 1 is 1.32 bits per heavy atom. The average molecular weight is 274 g/mol. The third kappa shape index (κ3) is 2.64. The second kappa shape index (κ2) is 5.46. The molecule has 1 aliphatic rings. The Morgan fingerprint density at radius 3 is 2.89 bits per heavy atom. The van der Waals surface area contributed by atoms with Crippen LogP contribution in [0.25, 0.3) is 10.6 Å².